The first-order valence-corrected chi connectivity index (χ1v) is 10.9. The third kappa shape index (κ3) is 5.42. The fourth-order valence-electron chi connectivity index (χ4n) is 2.52. The van der Waals surface area contributed by atoms with Crippen LogP contribution in [0.25, 0.3) is 20.2 Å². The van der Waals surface area contributed by atoms with E-state index in [2.05, 4.69) is 87.7 Å². The molecule has 0 fully saturated rings. The first kappa shape index (κ1) is 19.7. The van der Waals surface area contributed by atoms with Crippen molar-refractivity contribution in [3.63, 3.8) is 0 Å². The summed E-state index contributed by atoms with van der Waals surface area (Å²) in [7, 11) is 0. The predicted octanol–water partition coefficient (Wildman–Crippen LogP) is 8.34. The summed E-state index contributed by atoms with van der Waals surface area (Å²) in [6.45, 7) is 8.65. The maximum atomic E-state index is 2.28. The second-order valence-corrected chi connectivity index (χ2v) is 8.00. The molecule has 0 unspecified atom stereocenters. The fraction of sp³-hybridized carbons (Fsp3) is 0.304. The number of aryl methyl sites for hydroxylation is 2. The normalized spacial score (nSPS) is 10.1. The SMILES string of the molecule is CCC.CCc1cc2ccccc2s1.CCc1csc2ccccc12. The highest BCUT2D eigenvalue weighted by molar-refractivity contribution is 7.19. The van der Waals surface area contributed by atoms with Crippen LogP contribution in [0.4, 0.5) is 0 Å². The molecule has 2 aromatic heterocycles. The van der Waals surface area contributed by atoms with E-state index in [-0.39, 0.29) is 0 Å². The van der Waals surface area contributed by atoms with Crippen LogP contribution in [-0.2, 0) is 12.8 Å². The molecule has 0 aliphatic carbocycles. The van der Waals surface area contributed by atoms with Gasteiger partial charge in [0, 0.05) is 14.3 Å². The molecule has 2 heterocycles. The third-order valence-electron chi connectivity index (χ3n) is 3.77. The van der Waals surface area contributed by atoms with Gasteiger partial charge < -0.3 is 0 Å². The molecular formula is C23H28S2. The van der Waals surface area contributed by atoms with Gasteiger partial charge in [-0.25, -0.2) is 0 Å². The molecule has 0 nitrogen and oxygen atoms in total. The number of hydrogen-bond acceptors (Lipinski definition) is 2. The van der Waals surface area contributed by atoms with Crippen LogP contribution in [0.3, 0.4) is 0 Å². The zero-order valence-corrected chi connectivity index (χ0v) is 17.3. The maximum absolute atomic E-state index is 2.28. The van der Waals surface area contributed by atoms with Crippen LogP contribution < -0.4 is 0 Å². The van der Waals surface area contributed by atoms with E-state index in [1.807, 2.05) is 22.7 Å². The second-order valence-electron chi connectivity index (χ2n) is 5.92. The minimum Gasteiger partial charge on any atom is -0.144 e. The Bertz CT molecular complexity index is 842. The Kier molecular flexibility index (Phi) is 8.17. The van der Waals surface area contributed by atoms with Crippen molar-refractivity contribution in [3.8, 4) is 0 Å². The van der Waals surface area contributed by atoms with Crippen LogP contribution in [0, 0.1) is 0 Å². The summed E-state index contributed by atoms with van der Waals surface area (Å²) in [4.78, 5) is 1.48. The van der Waals surface area contributed by atoms with Crippen molar-refractivity contribution in [2.45, 2.75) is 47.0 Å². The summed E-state index contributed by atoms with van der Waals surface area (Å²) in [5.41, 5.74) is 1.48. The fourth-order valence-corrected chi connectivity index (χ4v) is 4.57. The first-order valence-electron chi connectivity index (χ1n) is 9.15. The largest absolute Gasteiger partial charge is 0.144 e. The Balaban J connectivity index is 0.000000156. The van der Waals surface area contributed by atoms with Gasteiger partial charge in [0.1, 0.15) is 0 Å². The molecule has 0 aliphatic rings. The van der Waals surface area contributed by atoms with Gasteiger partial charge in [-0.2, -0.15) is 0 Å². The monoisotopic (exact) mass is 368 g/mol. The van der Waals surface area contributed by atoms with Crippen LogP contribution in [0.2, 0.25) is 0 Å². The van der Waals surface area contributed by atoms with Crippen LogP contribution >= 0.6 is 22.7 Å². The Morgan fingerprint density at radius 2 is 1.40 bits per heavy atom. The van der Waals surface area contributed by atoms with E-state index in [4.69, 9.17) is 0 Å². The average molecular weight is 369 g/mol. The zero-order valence-electron chi connectivity index (χ0n) is 15.7. The van der Waals surface area contributed by atoms with E-state index in [9.17, 15) is 0 Å². The third-order valence-corrected chi connectivity index (χ3v) is 6.04. The highest BCUT2D eigenvalue weighted by atomic mass is 32.1. The summed E-state index contributed by atoms with van der Waals surface area (Å²) in [5, 5.41) is 5.07. The van der Waals surface area contributed by atoms with E-state index < -0.39 is 0 Å². The molecule has 25 heavy (non-hydrogen) atoms. The Morgan fingerprint density at radius 3 is 2.04 bits per heavy atom. The molecule has 0 aliphatic heterocycles. The summed E-state index contributed by atoms with van der Waals surface area (Å²) in [6, 6.07) is 19.4. The van der Waals surface area contributed by atoms with E-state index in [1.165, 1.54) is 37.0 Å². The molecule has 0 N–H and O–H groups in total. The topological polar surface area (TPSA) is 0 Å². The molecule has 0 atom stereocenters. The summed E-state index contributed by atoms with van der Waals surface area (Å²) in [5.74, 6) is 0. The number of thiophene rings is 2. The number of benzene rings is 2. The standard InChI is InChI=1S/2C10H10S.C3H8/c1-2-9-7-8-5-3-4-6-10(8)11-9;1-2-8-7-11-10-6-4-3-5-9(8)10;1-3-2/h2*3-7H,2H2,1H3;3H2,1-2H3. The molecular weight excluding hydrogens is 340 g/mol. The van der Waals surface area contributed by atoms with Gasteiger partial charge in [-0.3, -0.25) is 0 Å². The summed E-state index contributed by atoms with van der Waals surface area (Å²) in [6.07, 6.45) is 3.54. The smallest absolute Gasteiger partial charge is 0.0345 e. The molecule has 4 rings (SSSR count). The van der Waals surface area contributed by atoms with Crippen molar-refractivity contribution < 1.29 is 0 Å². The zero-order chi connectivity index (χ0) is 18.1. The molecule has 2 aromatic carbocycles. The maximum Gasteiger partial charge on any atom is 0.0345 e. The average Bonchev–Trinajstić information content (AvgIpc) is 3.26. The van der Waals surface area contributed by atoms with Crippen molar-refractivity contribution in [1.29, 1.82) is 0 Å². The molecule has 0 amide bonds. The van der Waals surface area contributed by atoms with Crippen molar-refractivity contribution in [2.75, 3.05) is 0 Å². The van der Waals surface area contributed by atoms with Crippen molar-refractivity contribution in [2.24, 2.45) is 0 Å². The Morgan fingerprint density at radius 1 is 0.760 bits per heavy atom. The van der Waals surface area contributed by atoms with Crippen molar-refractivity contribution in [3.05, 3.63) is 70.4 Å². The van der Waals surface area contributed by atoms with E-state index in [0.717, 1.165) is 12.8 Å². The van der Waals surface area contributed by atoms with Gasteiger partial charge in [0.2, 0.25) is 0 Å². The minimum absolute atomic E-state index is 1.14. The van der Waals surface area contributed by atoms with Crippen LogP contribution in [0.5, 0.6) is 0 Å². The molecule has 0 bridgehead atoms. The first-order chi connectivity index (χ1) is 12.2. The Labute approximate surface area is 160 Å². The van der Waals surface area contributed by atoms with Crippen LogP contribution in [0.15, 0.2) is 60.0 Å². The molecule has 132 valence electrons. The number of hydrogen-bond donors (Lipinski definition) is 0. The Hall–Kier alpha value is -1.64. The van der Waals surface area contributed by atoms with E-state index >= 15 is 0 Å². The molecule has 0 saturated carbocycles. The highest BCUT2D eigenvalue weighted by Crippen LogP contribution is 2.26. The lowest BCUT2D eigenvalue weighted by molar-refractivity contribution is 1.09. The molecule has 2 heteroatoms. The number of rotatable bonds is 2. The summed E-state index contributed by atoms with van der Waals surface area (Å²) < 4.78 is 2.81. The van der Waals surface area contributed by atoms with Gasteiger partial charge in [0.05, 0.1) is 0 Å². The lowest BCUT2D eigenvalue weighted by Crippen LogP contribution is -1.72. The lowest BCUT2D eigenvalue weighted by atomic mass is 10.1. The lowest BCUT2D eigenvalue weighted by Gasteiger charge is -1.90. The van der Waals surface area contributed by atoms with E-state index in [0.29, 0.717) is 0 Å². The summed E-state index contributed by atoms with van der Waals surface area (Å²) >= 11 is 3.74. The molecule has 0 spiro atoms. The molecule has 0 saturated heterocycles. The van der Waals surface area contributed by atoms with Gasteiger partial charge in [-0.1, -0.05) is 70.5 Å². The second kappa shape index (κ2) is 10.4. The molecule has 4 aromatic rings. The van der Waals surface area contributed by atoms with Gasteiger partial charge in [-0.15, -0.1) is 22.7 Å². The van der Waals surface area contributed by atoms with E-state index in [1.54, 1.807) is 0 Å². The van der Waals surface area contributed by atoms with Crippen LogP contribution in [-0.4, -0.2) is 0 Å². The van der Waals surface area contributed by atoms with Crippen molar-refractivity contribution in [1.82, 2.24) is 0 Å². The van der Waals surface area contributed by atoms with Gasteiger partial charge in [-0.05, 0) is 52.8 Å². The highest BCUT2D eigenvalue weighted by Gasteiger charge is 1.99. The predicted molar refractivity (Wildman–Crippen MR) is 118 cm³/mol. The quantitative estimate of drug-likeness (QED) is 0.333. The van der Waals surface area contributed by atoms with Gasteiger partial charge in [0.15, 0.2) is 0 Å². The molecule has 0 radical (unpaired) electrons. The van der Waals surface area contributed by atoms with Crippen LogP contribution in [0.1, 0.15) is 44.6 Å². The van der Waals surface area contributed by atoms with Gasteiger partial charge >= 0.3 is 0 Å². The number of fused-ring (bicyclic) bond motifs is 2. The van der Waals surface area contributed by atoms with Crippen molar-refractivity contribution >= 4 is 42.8 Å². The van der Waals surface area contributed by atoms with Gasteiger partial charge in [0.25, 0.3) is 0 Å². The minimum atomic E-state index is 1.14.